The highest BCUT2D eigenvalue weighted by Gasteiger charge is 2.19. The zero-order chi connectivity index (χ0) is 12.1. The van der Waals surface area contributed by atoms with Crippen molar-refractivity contribution in [3.63, 3.8) is 0 Å². The molecule has 1 aromatic rings. The molecule has 17 heavy (non-hydrogen) atoms. The number of likely N-dealkylation sites (N-methyl/N-ethyl adjacent to an activating group) is 1. The first-order valence-corrected chi connectivity index (χ1v) is 7.40. The Morgan fingerprint density at radius 3 is 3.12 bits per heavy atom. The molecule has 0 spiro atoms. The second kappa shape index (κ2) is 6.31. The van der Waals surface area contributed by atoms with Gasteiger partial charge in [-0.1, -0.05) is 13.8 Å². The topological polar surface area (TPSA) is 41.1 Å². The van der Waals surface area contributed by atoms with E-state index in [1.54, 1.807) is 0 Å². The molecule has 0 amide bonds. The van der Waals surface area contributed by atoms with Gasteiger partial charge in [0.15, 0.2) is 0 Å². The van der Waals surface area contributed by atoms with Gasteiger partial charge in [0.1, 0.15) is 5.82 Å². The van der Waals surface area contributed by atoms with Gasteiger partial charge in [-0.05, 0) is 32.4 Å². The van der Waals surface area contributed by atoms with Crippen molar-refractivity contribution < 1.29 is 0 Å². The molecule has 2 heterocycles. The number of hydrogen-bond acceptors (Lipinski definition) is 5. The van der Waals surface area contributed by atoms with Crippen molar-refractivity contribution in [3.8, 4) is 0 Å². The van der Waals surface area contributed by atoms with Crippen molar-refractivity contribution in [2.75, 3.05) is 25.0 Å². The van der Waals surface area contributed by atoms with Gasteiger partial charge < -0.3 is 10.2 Å². The molecule has 1 aliphatic heterocycles. The highest BCUT2D eigenvalue weighted by Crippen LogP contribution is 2.18. The lowest BCUT2D eigenvalue weighted by atomic mass is 10.1. The fourth-order valence-corrected chi connectivity index (χ4v) is 2.96. The Labute approximate surface area is 108 Å². The van der Waals surface area contributed by atoms with E-state index in [0.29, 0.717) is 6.04 Å². The van der Waals surface area contributed by atoms with Crippen LogP contribution in [0.2, 0.25) is 0 Å². The van der Waals surface area contributed by atoms with Gasteiger partial charge in [-0.15, -0.1) is 0 Å². The summed E-state index contributed by atoms with van der Waals surface area (Å²) in [5.41, 5.74) is 0. The first kappa shape index (κ1) is 12.8. The maximum absolute atomic E-state index is 4.52. The van der Waals surface area contributed by atoms with E-state index in [0.717, 1.165) is 36.9 Å². The molecule has 1 unspecified atom stereocenters. The minimum atomic E-state index is 0.547. The average molecular weight is 254 g/mol. The SMILES string of the molecule is CCCc1nsc(NC2CCCN(CC)C2)n1. The third kappa shape index (κ3) is 3.64. The molecule has 5 heteroatoms. The normalized spacial score (nSPS) is 21.6. The summed E-state index contributed by atoms with van der Waals surface area (Å²) in [6.45, 7) is 7.92. The number of rotatable bonds is 5. The zero-order valence-corrected chi connectivity index (χ0v) is 11.6. The molecule has 0 aromatic carbocycles. The lowest BCUT2D eigenvalue weighted by molar-refractivity contribution is 0.227. The molecule has 0 aliphatic carbocycles. The minimum absolute atomic E-state index is 0.547. The summed E-state index contributed by atoms with van der Waals surface area (Å²) in [5, 5.41) is 4.52. The Morgan fingerprint density at radius 2 is 2.35 bits per heavy atom. The van der Waals surface area contributed by atoms with E-state index in [-0.39, 0.29) is 0 Å². The molecule has 1 aliphatic rings. The van der Waals surface area contributed by atoms with Crippen LogP contribution in [0.4, 0.5) is 5.13 Å². The molecule has 96 valence electrons. The fourth-order valence-electron chi connectivity index (χ4n) is 2.27. The fraction of sp³-hybridized carbons (Fsp3) is 0.833. The summed E-state index contributed by atoms with van der Waals surface area (Å²) in [5.74, 6) is 0.989. The Kier molecular flexibility index (Phi) is 4.74. The summed E-state index contributed by atoms with van der Waals surface area (Å²) in [6.07, 6.45) is 4.64. The third-order valence-corrected chi connectivity index (χ3v) is 3.91. The maximum atomic E-state index is 4.52. The first-order chi connectivity index (χ1) is 8.31. The van der Waals surface area contributed by atoms with Crippen LogP contribution in [0.3, 0.4) is 0 Å². The molecule has 2 rings (SSSR count). The number of hydrogen-bond donors (Lipinski definition) is 1. The van der Waals surface area contributed by atoms with Gasteiger partial charge in [-0.25, -0.2) is 4.98 Å². The largest absolute Gasteiger partial charge is 0.356 e. The molecule has 1 N–H and O–H groups in total. The van der Waals surface area contributed by atoms with Gasteiger partial charge in [-0.3, -0.25) is 0 Å². The van der Waals surface area contributed by atoms with Crippen LogP contribution >= 0.6 is 11.5 Å². The predicted molar refractivity (Wildman–Crippen MR) is 72.7 cm³/mol. The standard InChI is InChI=1S/C12H22N4S/c1-3-6-11-14-12(17-15-11)13-10-7-5-8-16(4-2)9-10/h10H,3-9H2,1-2H3,(H,13,14,15). The van der Waals surface area contributed by atoms with Gasteiger partial charge in [-0.2, -0.15) is 4.37 Å². The van der Waals surface area contributed by atoms with E-state index in [2.05, 4.69) is 33.4 Å². The highest BCUT2D eigenvalue weighted by atomic mass is 32.1. The number of piperidine rings is 1. The molecule has 0 saturated carbocycles. The highest BCUT2D eigenvalue weighted by molar-refractivity contribution is 7.09. The Bertz CT molecular complexity index is 339. The van der Waals surface area contributed by atoms with Crippen LogP contribution < -0.4 is 5.32 Å². The summed E-state index contributed by atoms with van der Waals surface area (Å²) in [7, 11) is 0. The van der Waals surface area contributed by atoms with Crippen LogP contribution in [0.5, 0.6) is 0 Å². The van der Waals surface area contributed by atoms with E-state index < -0.39 is 0 Å². The predicted octanol–water partition coefficient (Wildman–Crippen LogP) is 2.39. The Hall–Kier alpha value is -0.680. The van der Waals surface area contributed by atoms with Crippen molar-refractivity contribution in [2.24, 2.45) is 0 Å². The van der Waals surface area contributed by atoms with Crippen LogP contribution in [0.25, 0.3) is 0 Å². The first-order valence-electron chi connectivity index (χ1n) is 6.63. The van der Waals surface area contributed by atoms with Gasteiger partial charge in [0.2, 0.25) is 5.13 Å². The number of nitrogens with one attached hydrogen (secondary N) is 1. The van der Waals surface area contributed by atoms with E-state index in [1.165, 1.54) is 30.9 Å². The van der Waals surface area contributed by atoms with Gasteiger partial charge >= 0.3 is 0 Å². The van der Waals surface area contributed by atoms with Crippen molar-refractivity contribution >= 4 is 16.7 Å². The van der Waals surface area contributed by atoms with Crippen LogP contribution in [-0.4, -0.2) is 39.9 Å². The monoisotopic (exact) mass is 254 g/mol. The van der Waals surface area contributed by atoms with Crippen molar-refractivity contribution in [1.29, 1.82) is 0 Å². The average Bonchev–Trinajstić information content (AvgIpc) is 2.77. The lowest BCUT2D eigenvalue weighted by Gasteiger charge is -2.31. The maximum Gasteiger partial charge on any atom is 0.202 e. The van der Waals surface area contributed by atoms with E-state index in [9.17, 15) is 0 Å². The van der Waals surface area contributed by atoms with E-state index >= 15 is 0 Å². The number of likely N-dealkylation sites (tertiary alicyclic amines) is 1. The van der Waals surface area contributed by atoms with Gasteiger partial charge in [0.05, 0.1) is 0 Å². The second-order valence-corrected chi connectivity index (χ2v) is 5.39. The number of aryl methyl sites for hydroxylation is 1. The smallest absolute Gasteiger partial charge is 0.202 e. The molecule has 1 fully saturated rings. The van der Waals surface area contributed by atoms with Crippen LogP contribution in [-0.2, 0) is 6.42 Å². The molecule has 0 bridgehead atoms. The lowest BCUT2D eigenvalue weighted by Crippen LogP contribution is -2.41. The Morgan fingerprint density at radius 1 is 1.47 bits per heavy atom. The van der Waals surface area contributed by atoms with Crippen LogP contribution in [0.15, 0.2) is 0 Å². The molecule has 1 atom stereocenters. The van der Waals surface area contributed by atoms with Crippen LogP contribution in [0.1, 0.15) is 38.9 Å². The van der Waals surface area contributed by atoms with E-state index in [4.69, 9.17) is 0 Å². The second-order valence-electron chi connectivity index (χ2n) is 4.64. The Balaban J connectivity index is 1.86. The summed E-state index contributed by atoms with van der Waals surface area (Å²) < 4.78 is 4.37. The van der Waals surface area contributed by atoms with Crippen molar-refractivity contribution in [2.45, 2.75) is 45.6 Å². The molecule has 0 radical (unpaired) electrons. The summed E-state index contributed by atoms with van der Waals surface area (Å²) in [4.78, 5) is 7.02. The third-order valence-electron chi connectivity index (χ3n) is 3.22. The summed E-state index contributed by atoms with van der Waals surface area (Å²) >= 11 is 1.50. The zero-order valence-electron chi connectivity index (χ0n) is 10.8. The quantitative estimate of drug-likeness (QED) is 0.876. The van der Waals surface area contributed by atoms with Crippen LogP contribution in [0, 0.1) is 0 Å². The van der Waals surface area contributed by atoms with Crippen molar-refractivity contribution in [3.05, 3.63) is 5.82 Å². The molecule has 4 nitrogen and oxygen atoms in total. The molecular formula is C12H22N4S. The van der Waals surface area contributed by atoms with Gasteiger partial charge in [0.25, 0.3) is 0 Å². The minimum Gasteiger partial charge on any atom is -0.356 e. The summed E-state index contributed by atoms with van der Waals surface area (Å²) in [6, 6.07) is 0.547. The molecular weight excluding hydrogens is 232 g/mol. The molecule has 1 aromatic heterocycles. The number of anilines is 1. The van der Waals surface area contributed by atoms with Crippen molar-refractivity contribution in [1.82, 2.24) is 14.3 Å². The number of aromatic nitrogens is 2. The van der Waals surface area contributed by atoms with Gasteiger partial charge in [0, 0.05) is 30.5 Å². The number of nitrogens with zero attached hydrogens (tertiary/aromatic N) is 3. The van der Waals surface area contributed by atoms with E-state index in [1.807, 2.05) is 0 Å². The molecule has 1 saturated heterocycles.